The number of likely N-dealkylation sites (N-methyl/N-ethyl adjacent to an activating group) is 1. The molecule has 1 aliphatic heterocycles. The second-order valence-electron chi connectivity index (χ2n) is 7.33. The fourth-order valence-electron chi connectivity index (χ4n) is 3.59. The molecule has 31 heavy (non-hydrogen) atoms. The SMILES string of the molecule is CCN(CC(=O)NCc1ccc(F)cc1)C(=O)C1CC(=O)N(c2ccccc2OC)C1. The molecule has 1 N–H and O–H groups in total. The Morgan fingerprint density at radius 3 is 2.58 bits per heavy atom. The molecule has 0 aliphatic carbocycles. The summed E-state index contributed by atoms with van der Waals surface area (Å²) in [5, 5.41) is 2.74. The van der Waals surface area contributed by atoms with Crippen molar-refractivity contribution in [1.29, 1.82) is 0 Å². The molecule has 3 amide bonds. The summed E-state index contributed by atoms with van der Waals surface area (Å²) in [5.74, 6) is -1.000. The molecule has 1 unspecified atom stereocenters. The summed E-state index contributed by atoms with van der Waals surface area (Å²) in [4.78, 5) is 40.9. The summed E-state index contributed by atoms with van der Waals surface area (Å²) in [7, 11) is 1.53. The van der Waals surface area contributed by atoms with E-state index in [0.717, 1.165) is 5.56 Å². The number of carbonyl (C=O) groups excluding carboxylic acids is 3. The van der Waals surface area contributed by atoms with Crippen molar-refractivity contribution in [1.82, 2.24) is 10.2 Å². The molecule has 2 aromatic rings. The van der Waals surface area contributed by atoms with Gasteiger partial charge in [0.15, 0.2) is 0 Å². The summed E-state index contributed by atoms with van der Waals surface area (Å²) in [6.45, 7) is 2.53. The van der Waals surface area contributed by atoms with Gasteiger partial charge in [0.2, 0.25) is 17.7 Å². The number of carbonyl (C=O) groups is 3. The predicted octanol–water partition coefficient (Wildman–Crippen LogP) is 2.35. The van der Waals surface area contributed by atoms with Crippen LogP contribution in [-0.4, -0.2) is 49.4 Å². The van der Waals surface area contributed by atoms with Crippen LogP contribution in [0.1, 0.15) is 18.9 Å². The van der Waals surface area contributed by atoms with Crippen LogP contribution in [-0.2, 0) is 20.9 Å². The van der Waals surface area contributed by atoms with Gasteiger partial charge < -0.3 is 19.9 Å². The Balaban J connectivity index is 1.59. The summed E-state index contributed by atoms with van der Waals surface area (Å²) >= 11 is 0. The lowest BCUT2D eigenvalue weighted by atomic mass is 10.1. The van der Waals surface area contributed by atoms with E-state index in [0.29, 0.717) is 18.0 Å². The topological polar surface area (TPSA) is 79.0 Å². The third-order valence-electron chi connectivity index (χ3n) is 5.28. The Morgan fingerprint density at radius 1 is 1.19 bits per heavy atom. The van der Waals surface area contributed by atoms with Crippen molar-refractivity contribution < 1.29 is 23.5 Å². The van der Waals surface area contributed by atoms with Gasteiger partial charge in [-0.3, -0.25) is 14.4 Å². The number of hydrogen-bond acceptors (Lipinski definition) is 4. The molecule has 1 atom stereocenters. The lowest BCUT2D eigenvalue weighted by Gasteiger charge is -2.24. The molecule has 1 heterocycles. The summed E-state index contributed by atoms with van der Waals surface area (Å²) < 4.78 is 18.3. The van der Waals surface area contributed by atoms with E-state index in [1.54, 1.807) is 36.1 Å². The normalized spacial score (nSPS) is 15.6. The molecular weight excluding hydrogens is 401 g/mol. The van der Waals surface area contributed by atoms with Gasteiger partial charge in [0, 0.05) is 26.1 Å². The Labute approximate surface area is 180 Å². The van der Waals surface area contributed by atoms with Gasteiger partial charge >= 0.3 is 0 Å². The van der Waals surface area contributed by atoms with Gasteiger partial charge in [-0.1, -0.05) is 24.3 Å². The van der Waals surface area contributed by atoms with Crippen LogP contribution >= 0.6 is 0 Å². The number of anilines is 1. The maximum absolute atomic E-state index is 13.0. The van der Waals surface area contributed by atoms with E-state index in [-0.39, 0.29) is 49.6 Å². The summed E-state index contributed by atoms with van der Waals surface area (Å²) in [6, 6.07) is 13.0. The molecule has 0 bridgehead atoms. The van der Waals surface area contributed by atoms with Crippen LogP contribution < -0.4 is 15.0 Å². The fourth-order valence-corrected chi connectivity index (χ4v) is 3.59. The van der Waals surface area contributed by atoms with Crippen molar-refractivity contribution in [3.05, 3.63) is 59.9 Å². The molecule has 7 nitrogen and oxygen atoms in total. The van der Waals surface area contributed by atoms with Crippen molar-refractivity contribution in [3.8, 4) is 5.75 Å². The highest BCUT2D eigenvalue weighted by Gasteiger charge is 2.38. The zero-order valence-corrected chi connectivity index (χ0v) is 17.6. The van der Waals surface area contributed by atoms with Crippen LogP contribution in [0.3, 0.4) is 0 Å². The van der Waals surface area contributed by atoms with Crippen molar-refractivity contribution in [3.63, 3.8) is 0 Å². The minimum atomic E-state index is -0.526. The molecule has 0 saturated carbocycles. The number of amides is 3. The maximum atomic E-state index is 13.0. The molecular formula is C23H26FN3O4. The van der Waals surface area contributed by atoms with Gasteiger partial charge in [-0.25, -0.2) is 4.39 Å². The Hall–Kier alpha value is -3.42. The molecule has 1 fully saturated rings. The van der Waals surface area contributed by atoms with Gasteiger partial charge in [0.05, 0.1) is 25.3 Å². The zero-order chi connectivity index (χ0) is 22.4. The van der Waals surface area contributed by atoms with E-state index in [4.69, 9.17) is 4.74 Å². The second-order valence-corrected chi connectivity index (χ2v) is 7.33. The van der Waals surface area contributed by atoms with Crippen LogP contribution in [0, 0.1) is 11.7 Å². The van der Waals surface area contributed by atoms with E-state index in [2.05, 4.69) is 5.32 Å². The molecule has 2 aromatic carbocycles. The molecule has 1 saturated heterocycles. The van der Waals surface area contributed by atoms with Gasteiger partial charge in [-0.2, -0.15) is 0 Å². The van der Waals surface area contributed by atoms with Crippen molar-refractivity contribution in [2.45, 2.75) is 19.9 Å². The number of halogens is 1. The van der Waals surface area contributed by atoms with Gasteiger partial charge in [-0.15, -0.1) is 0 Å². The third kappa shape index (κ3) is 5.39. The molecule has 8 heteroatoms. The van der Waals surface area contributed by atoms with E-state index < -0.39 is 5.92 Å². The van der Waals surface area contributed by atoms with Gasteiger partial charge in [0.25, 0.3) is 0 Å². The van der Waals surface area contributed by atoms with Crippen molar-refractivity contribution >= 4 is 23.4 Å². The number of rotatable bonds is 8. The van der Waals surface area contributed by atoms with Crippen LogP contribution in [0.2, 0.25) is 0 Å². The first kappa shape index (κ1) is 22.3. The van der Waals surface area contributed by atoms with Gasteiger partial charge in [-0.05, 0) is 36.8 Å². The highest BCUT2D eigenvalue weighted by atomic mass is 19.1. The molecule has 164 valence electrons. The Kier molecular flexibility index (Phi) is 7.23. The van der Waals surface area contributed by atoms with Gasteiger partial charge in [0.1, 0.15) is 11.6 Å². The third-order valence-corrected chi connectivity index (χ3v) is 5.28. The van der Waals surface area contributed by atoms with E-state index in [1.807, 2.05) is 12.1 Å². The van der Waals surface area contributed by atoms with Crippen LogP contribution in [0.5, 0.6) is 5.75 Å². The first-order chi connectivity index (χ1) is 14.9. The monoisotopic (exact) mass is 427 g/mol. The Morgan fingerprint density at radius 2 is 1.90 bits per heavy atom. The summed E-state index contributed by atoms with van der Waals surface area (Å²) in [6.07, 6.45) is 0.0879. The number of hydrogen-bond donors (Lipinski definition) is 1. The number of nitrogens with zero attached hydrogens (tertiary/aromatic N) is 2. The summed E-state index contributed by atoms with van der Waals surface area (Å²) in [5.41, 5.74) is 1.39. The van der Waals surface area contributed by atoms with E-state index >= 15 is 0 Å². The van der Waals surface area contributed by atoms with Crippen LogP contribution in [0.15, 0.2) is 48.5 Å². The molecule has 3 rings (SSSR count). The number of benzene rings is 2. The highest BCUT2D eigenvalue weighted by molar-refractivity contribution is 6.01. The first-order valence-corrected chi connectivity index (χ1v) is 10.2. The Bertz CT molecular complexity index is 948. The maximum Gasteiger partial charge on any atom is 0.239 e. The quantitative estimate of drug-likeness (QED) is 0.702. The van der Waals surface area contributed by atoms with Crippen molar-refractivity contribution in [2.75, 3.05) is 31.6 Å². The largest absolute Gasteiger partial charge is 0.495 e. The molecule has 0 spiro atoms. The minimum Gasteiger partial charge on any atom is -0.495 e. The minimum absolute atomic E-state index is 0.0879. The van der Waals surface area contributed by atoms with Crippen molar-refractivity contribution in [2.24, 2.45) is 5.92 Å². The fraction of sp³-hybridized carbons (Fsp3) is 0.348. The smallest absolute Gasteiger partial charge is 0.239 e. The predicted molar refractivity (Wildman–Crippen MR) is 114 cm³/mol. The van der Waals surface area contributed by atoms with Crippen LogP contribution in [0.4, 0.5) is 10.1 Å². The van der Waals surface area contributed by atoms with E-state index in [9.17, 15) is 18.8 Å². The molecule has 0 radical (unpaired) electrons. The number of para-hydroxylation sites is 2. The zero-order valence-electron chi connectivity index (χ0n) is 17.6. The lowest BCUT2D eigenvalue weighted by molar-refractivity contribution is -0.139. The standard InChI is InChI=1S/C23H26FN3O4/c1-3-26(15-21(28)25-13-16-8-10-18(24)11-9-16)23(30)17-12-22(29)27(14-17)19-6-4-5-7-20(19)31-2/h4-11,17H,3,12-15H2,1-2H3,(H,25,28). The van der Waals surface area contributed by atoms with Crippen LogP contribution in [0.25, 0.3) is 0 Å². The number of ether oxygens (including phenoxy) is 1. The molecule has 1 aliphatic rings. The average Bonchev–Trinajstić information content (AvgIpc) is 3.17. The molecule has 0 aromatic heterocycles. The number of nitrogens with one attached hydrogen (secondary N) is 1. The van der Waals surface area contributed by atoms with E-state index in [1.165, 1.54) is 24.1 Å². The highest BCUT2D eigenvalue weighted by Crippen LogP contribution is 2.33. The average molecular weight is 427 g/mol. The number of methoxy groups -OCH3 is 1. The lowest BCUT2D eigenvalue weighted by Crippen LogP contribution is -2.43. The second kappa shape index (κ2) is 10.1. The first-order valence-electron chi connectivity index (χ1n) is 10.2.